The lowest BCUT2D eigenvalue weighted by Gasteiger charge is -2.14. The molecule has 0 spiro atoms. The Kier molecular flexibility index (Phi) is 6.52. The molecule has 0 aliphatic carbocycles. The Bertz CT molecular complexity index is 518. The van der Waals surface area contributed by atoms with Crippen LogP contribution in [-0.2, 0) is 6.42 Å². The van der Waals surface area contributed by atoms with Gasteiger partial charge in [0.25, 0.3) is 0 Å². The van der Waals surface area contributed by atoms with Gasteiger partial charge in [0.2, 0.25) is 0 Å². The number of hydrogen-bond acceptors (Lipinski definition) is 2. The summed E-state index contributed by atoms with van der Waals surface area (Å²) < 4.78 is 0. The molecule has 0 aromatic heterocycles. The van der Waals surface area contributed by atoms with Crippen molar-refractivity contribution >= 4 is 11.4 Å². The Morgan fingerprint density at radius 2 is 1.00 bits per heavy atom. The van der Waals surface area contributed by atoms with E-state index >= 15 is 0 Å². The summed E-state index contributed by atoms with van der Waals surface area (Å²) in [5.41, 5.74) is 5.11. The second-order valence-corrected chi connectivity index (χ2v) is 6.48. The molecule has 0 unspecified atom stereocenters. The van der Waals surface area contributed by atoms with Gasteiger partial charge in [-0.15, -0.1) is 0 Å². The Morgan fingerprint density at radius 3 is 1.30 bits per heavy atom. The van der Waals surface area contributed by atoms with Gasteiger partial charge in [0.15, 0.2) is 0 Å². The molecule has 0 aliphatic rings. The van der Waals surface area contributed by atoms with Crippen molar-refractivity contribution in [1.29, 1.82) is 0 Å². The van der Waals surface area contributed by atoms with E-state index in [9.17, 15) is 0 Å². The van der Waals surface area contributed by atoms with Gasteiger partial charge in [0, 0.05) is 23.5 Å². The van der Waals surface area contributed by atoms with Crippen molar-refractivity contribution in [3.8, 4) is 0 Å². The highest BCUT2D eigenvalue weighted by molar-refractivity contribution is 5.48. The highest BCUT2D eigenvalue weighted by atomic mass is 14.9. The topological polar surface area (TPSA) is 24.1 Å². The Hall–Kier alpha value is -1.96. The van der Waals surface area contributed by atoms with Gasteiger partial charge in [-0.2, -0.15) is 0 Å². The van der Waals surface area contributed by atoms with Crippen molar-refractivity contribution in [2.75, 3.05) is 10.6 Å². The third-order valence-electron chi connectivity index (χ3n) is 4.37. The summed E-state index contributed by atoms with van der Waals surface area (Å²) in [6.45, 7) is 8.82. The summed E-state index contributed by atoms with van der Waals surface area (Å²) in [6, 6.07) is 18.6. The molecule has 2 aromatic rings. The molecule has 0 amide bonds. The zero-order valence-electron chi connectivity index (χ0n) is 14.9. The molecular formula is C21H30N2. The van der Waals surface area contributed by atoms with Gasteiger partial charge in [-0.1, -0.05) is 38.1 Å². The first-order valence-electron chi connectivity index (χ1n) is 8.81. The van der Waals surface area contributed by atoms with Crippen LogP contribution in [-0.4, -0.2) is 12.1 Å². The molecule has 2 N–H and O–H groups in total. The zero-order valence-corrected chi connectivity index (χ0v) is 14.9. The number of hydrogen-bond donors (Lipinski definition) is 2. The second kappa shape index (κ2) is 8.61. The summed E-state index contributed by atoms with van der Waals surface area (Å²) >= 11 is 0. The van der Waals surface area contributed by atoms with Crippen molar-refractivity contribution in [3.63, 3.8) is 0 Å². The van der Waals surface area contributed by atoms with Crippen molar-refractivity contribution in [3.05, 3.63) is 59.7 Å². The summed E-state index contributed by atoms with van der Waals surface area (Å²) in [6.07, 6.45) is 3.25. The first kappa shape index (κ1) is 17.4. The average molecular weight is 310 g/mol. The standard InChI is InChI=1S/C21H30N2/c1-5-16(3)22-20-11-7-18(8-12-20)15-19-9-13-21(14-10-19)23-17(4)6-2/h7-14,16-17,22-23H,5-6,15H2,1-4H3/t16-,17-/m0/s1. The first-order chi connectivity index (χ1) is 11.1. The Morgan fingerprint density at radius 1 is 0.652 bits per heavy atom. The molecule has 2 aromatic carbocycles. The normalized spacial score (nSPS) is 13.4. The minimum atomic E-state index is 0.520. The molecule has 124 valence electrons. The van der Waals surface area contributed by atoms with Crippen LogP contribution < -0.4 is 10.6 Å². The van der Waals surface area contributed by atoms with Gasteiger partial charge in [-0.05, 0) is 68.5 Å². The van der Waals surface area contributed by atoms with Crippen molar-refractivity contribution in [1.82, 2.24) is 0 Å². The van der Waals surface area contributed by atoms with Crippen LogP contribution >= 0.6 is 0 Å². The lowest BCUT2D eigenvalue weighted by molar-refractivity contribution is 0.764. The molecular weight excluding hydrogens is 280 g/mol. The van der Waals surface area contributed by atoms with E-state index in [-0.39, 0.29) is 0 Å². The van der Waals surface area contributed by atoms with E-state index in [2.05, 4.69) is 86.9 Å². The molecule has 0 radical (unpaired) electrons. The molecule has 2 nitrogen and oxygen atoms in total. The first-order valence-corrected chi connectivity index (χ1v) is 8.81. The third kappa shape index (κ3) is 5.63. The fourth-order valence-electron chi connectivity index (χ4n) is 2.45. The van der Waals surface area contributed by atoms with Crippen LogP contribution in [0.5, 0.6) is 0 Å². The maximum Gasteiger partial charge on any atom is 0.0342 e. The van der Waals surface area contributed by atoms with Gasteiger partial charge >= 0.3 is 0 Å². The van der Waals surface area contributed by atoms with Gasteiger partial charge < -0.3 is 10.6 Å². The molecule has 0 bridgehead atoms. The predicted octanol–water partition coefficient (Wildman–Crippen LogP) is 5.70. The van der Waals surface area contributed by atoms with Crippen molar-refractivity contribution in [2.24, 2.45) is 0 Å². The molecule has 2 heteroatoms. The van der Waals surface area contributed by atoms with Gasteiger partial charge in [0.1, 0.15) is 0 Å². The van der Waals surface area contributed by atoms with Crippen LogP contribution in [0, 0.1) is 0 Å². The molecule has 2 rings (SSSR count). The van der Waals surface area contributed by atoms with Crippen molar-refractivity contribution < 1.29 is 0 Å². The lowest BCUT2D eigenvalue weighted by atomic mass is 10.0. The monoisotopic (exact) mass is 310 g/mol. The fourth-order valence-corrected chi connectivity index (χ4v) is 2.45. The van der Waals surface area contributed by atoms with E-state index in [1.54, 1.807) is 0 Å². The van der Waals surface area contributed by atoms with Crippen LogP contribution in [0.1, 0.15) is 51.7 Å². The van der Waals surface area contributed by atoms with E-state index < -0.39 is 0 Å². The van der Waals surface area contributed by atoms with E-state index in [4.69, 9.17) is 0 Å². The highest BCUT2D eigenvalue weighted by Gasteiger charge is 2.02. The molecule has 0 aliphatic heterocycles. The third-order valence-corrected chi connectivity index (χ3v) is 4.37. The average Bonchev–Trinajstić information content (AvgIpc) is 2.58. The van der Waals surface area contributed by atoms with E-state index in [0.29, 0.717) is 12.1 Å². The number of rotatable bonds is 8. The zero-order chi connectivity index (χ0) is 16.7. The van der Waals surface area contributed by atoms with E-state index in [1.807, 2.05) is 0 Å². The number of anilines is 2. The lowest BCUT2D eigenvalue weighted by Crippen LogP contribution is -2.13. The minimum absolute atomic E-state index is 0.520. The molecule has 0 saturated heterocycles. The second-order valence-electron chi connectivity index (χ2n) is 6.48. The maximum atomic E-state index is 3.51. The summed E-state index contributed by atoms with van der Waals surface area (Å²) in [5.74, 6) is 0. The maximum absolute atomic E-state index is 3.51. The van der Waals surface area contributed by atoms with E-state index in [1.165, 1.54) is 22.5 Å². The molecule has 23 heavy (non-hydrogen) atoms. The molecule has 0 saturated carbocycles. The fraction of sp³-hybridized carbons (Fsp3) is 0.429. The number of benzene rings is 2. The molecule has 0 fully saturated rings. The SMILES string of the molecule is CC[C@H](C)Nc1ccc(Cc2ccc(N[C@@H](C)CC)cc2)cc1. The highest BCUT2D eigenvalue weighted by Crippen LogP contribution is 2.17. The van der Waals surface area contributed by atoms with Gasteiger partial charge in [0.05, 0.1) is 0 Å². The van der Waals surface area contributed by atoms with Crippen LogP contribution in [0.2, 0.25) is 0 Å². The summed E-state index contributed by atoms with van der Waals surface area (Å²) in [7, 11) is 0. The van der Waals surface area contributed by atoms with Gasteiger partial charge in [-0.3, -0.25) is 0 Å². The van der Waals surface area contributed by atoms with E-state index in [0.717, 1.165) is 19.3 Å². The van der Waals surface area contributed by atoms with Crippen LogP contribution in [0.4, 0.5) is 11.4 Å². The molecule has 0 heterocycles. The quantitative estimate of drug-likeness (QED) is 0.653. The van der Waals surface area contributed by atoms with Gasteiger partial charge in [-0.25, -0.2) is 0 Å². The number of nitrogens with one attached hydrogen (secondary N) is 2. The predicted molar refractivity (Wildman–Crippen MR) is 102 cm³/mol. The van der Waals surface area contributed by atoms with Crippen LogP contribution in [0.15, 0.2) is 48.5 Å². The summed E-state index contributed by atoms with van der Waals surface area (Å²) in [4.78, 5) is 0. The van der Waals surface area contributed by atoms with Crippen LogP contribution in [0.3, 0.4) is 0 Å². The summed E-state index contributed by atoms with van der Waals surface area (Å²) in [5, 5.41) is 7.01. The van der Waals surface area contributed by atoms with Crippen LogP contribution in [0.25, 0.3) is 0 Å². The minimum Gasteiger partial charge on any atom is -0.383 e. The van der Waals surface area contributed by atoms with Crippen molar-refractivity contribution in [2.45, 2.75) is 59.0 Å². The Balaban J connectivity index is 1.94. The Labute approximate surface area is 141 Å². The smallest absolute Gasteiger partial charge is 0.0342 e. The molecule has 2 atom stereocenters. The largest absolute Gasteiger partial charge is 0.383 e.